The van der Waals surface area contributed by atoms with Crippen LogP contribution in [0.15, 0.2) is 24.0 Å². The van der Waals surface area contributed by atoms with Crippen LogP contribution in [0.25, 0.3) is 0 Å². The fraction of sp³-hybridized carbons (Fsp3) is 0.600. The van der Waals surface area contributed by atoms with Crippen LogP contribution in [0.1, 0.15) is 38.1 Å². The fourth-order valence-corrected chi connectivity index (χ4v) is 3.17. The lowest BCUT2D eigenvalue weighted by molar-refractivity contribution is -0.130. The smallest absolute Gasteiger partial charge is 0.249 e. The molecule has 108 valence electrons. The standard InChI is InChI=1S/C15H22N4O/c1-2-18-9-10-19(15(20)12-5-3-4-6-12)11-13(18)14-16-7-8-17-14/h5,7-8,13H,2-4,6,9-11H2,1H3,(H,16,17)/t13-/m0/s1. The van der Waals surface area contributed by atoms with Crippen molar-refractivity contribution in [1.29, 1.82) is 0 Å². The molecule has 2 aliphatic rings. The third kappa shape index (κ3) is 2.50. The average Bonchev–Trinajstić information content (AvgIpc) is 3.18. The molecule has 2 heterocycles. The summed E-state index contributed by atoms with van der Waals surface area (Å²) >= 11 is 0. The number of aromatic amines is 1. The topological polar surface area (TPSA) is 52.2 Å². The largest absolute Gasteiger partial charge is 0.347 e. The number of carbonyl (C=O) groups is 1. The van der Waals surface area contributed by atoms with Gasteiger partial charge in [-0.25, -0.2) is 4.98 Å². The second-order valence-corrected chi connectivity index (χ2v) is 5.49. The van der Waals surface area contributed by atoms with E-state index in [9.17, 15) is 4.79 Å². The Balaban J connectivity index is 1.74. The molecule has 0 spiro atoms. The minimum absolute atomic E-state index is 0.190. The summed E-state index contributed by atoms with van der Waals surface area (Å²) in [6.45, 7) is 5.61. The Morgan fingerprint density at radius 2 is 2.40 bits per heavy atom. The summed E-state index contributed by atoms with van der Waals surface area (Å²) in [5, 5.41) is 0. The maximum absolute atomic E-state index is 12.5. The number of hydrogen-bond acceptors (Lipinski definition) is 3. The van der Waals surface area contributed by atoms with Crippen molar-refractivity contribution in [2.45, 2.75) is 32.2 Å². The maximum Gasteiger partial charge on any atom is 0.249 e. The Morgan fingerprint density at radius 3 is 3.05 bits per heavy atom. The predicted molar refractivity (Wildman–Crippen MR) is 77.1 cm³/mol. The highest BCUT2D eigenvalue weighted by Gasteiger charge is 2.32. The highest BCUT2D eigenvalue weighted by Crippen LogP contribution is 2.26. The maximum atomic E-state index is 12.5. The number of aromatic nitrogens is 2. The third-order valence-electron chi connectivity index (χ3n) is 4.34. The van der Waals surface area contributed by atoms with E-state index in [-0.39, 0.29) is 11.9 Å². The molecular formula is C15H22N4O. The average molecular weight is 274 g/mol. The van der Waals surface area contributed by atoms with Crippen molar-refractivity contribution in [3.63, 3.8) is 0 Å². The first-order valence-electron chi connectivity index (χ1n) is 7.51. The van der Waals surface area contributed by atoms with Gasteiger partial charge in [-0.05, 0) is 25.8 Å². The molecular weight excluding hydrogens is 252 g/mol. The van der Waals surface area contributed by atoms with E-state index in [1.54, 1.807) is 6.20 Å². The second-order valence-electron chi connectivity index (χ2n) is 5.49. The van der Waals surface area contributed by atoms with Crippen LogP contribution >= 0.6 is 0 Å². The van der Waals surface area contributed by atoms with Gasteiger partial charge in [0.1, 0.15) is 5.82 Å². The molecule has 0 radical (unpaired) electrons. The summed E-state index contributed by atoms with van der Waals surface area (Å²) in [6, 6.07) is 0.190. The Morgan fingerprint density at radius 1 is 1.50 bits per heavy atom. The number of H-pyrrole nitrogens is 1. The number of nitrogens with one attached hydrogen (secondary N) is 1. The lowest BCUT2D eigenvalue weighted by Gasteiger charge is -2.40. The SMILES string of the molecule is CCN1CCN(C(=O)C2=CCCC2)C[C@H]1c1ncc[nH]1. The summed E-state index contributed by atoms with van der Waals surface area (Å²) < 4.78 is 0. The number of allylic oxidation sites excluding steroid dienone is 1. The molecule has 1 atom stereocenters. The molecule has 0 aromatic carbocycles. The second kappa shape index (κ2) is 5.79. The monoisotopic (exact) mass is 274 g/mol. The number of likely N-dealkylation sites (N-methyl/N-ethyl adjacent to an activating group) is 1. The van der Waals surface area contributed by atoms with Gasteiger partial charge in [-0.3, -0.25) is 9.69 Å². The first kappa shape index (κ1) is 13.4. The van der Waals surface area contributed by atoms with Gasteiger partial charge < -0.3 is 9.88 Å². The molecule has 3 rings (SSSR count). The van der Waals surface area contributed by atoms with Gasteiger partial charge in [0.15, 0.2) is 0 Å². The first-order valence-corrected chi connectivity index (χ1v) is 7.51. The summed E-state index contributed by atoms with van der Waals surface area (Å²) in [7, 11) is 0. The molecule has 20 heavy (non-hydrogen) atoms. The van der Waals surface area contributed by atoms with E-state index in [2.05, 4.69) is 27.9 Å². The Hall–Kier alpha value is -1.62. The number of imidazole rings is 1. The quantitative estimate of drug-likeness (QED) is 0.913. The predicted octanol–water partition coefficient (Wildman–Crippen LogP) is 1.73. The van der Waals surface area contributed by atoms with Crippen molar-refractivity contribution >= 4 is 5.91 Å². The zero-order valence-electron chi connectivity index (χ0n) is 12.0. The molecule has 0 unspecified atom stereocenters. The summed E-state index contributed by atoms with van der Waals surface area (Å²) in [5.74, 6) is 1.19. The zero-order chi connectivity index (χ0) is 13.9. The van der Waals surface area contributed by atoms with Gasteiger partial charge in [-0.2, -0.15) is 0 Å². The van der Waals surface area contributed by atoms with Crippen molar-refractivity contribution in [3.8, 4) is 0 Å². The van der Waals surface area contributed by atoms with Crippen LogP contribution < -0.4 is 0 Å². The number of nitrogens with zero attached hydrogens (tertiary/aromatic N) is 3. The lowest BCUT2D eigenvalue weighted by Crippen LogP contribution is -2.50. The van der Waals surface area contributed by atoms with Gasteiger partial charge in [-0.1, -0.05) is 13.0 Å². The van der Waals surface area contributed by atoms with E-state index in [1.165, 1.54) is 0 Å². The van der Waals surface area contributed by atoms with Crippen LogP contribution in [-0.2, 0) is 4.79 Å². The molecule has 1 fully saturated rings. The van der Waals surface area contributed by atoms with Gasteiger partial charge >= 0.3 is 0 Å². The van der Waals surface area contributed by atoms with Crippen LogP contribution in [0.2, 0.25) is 0 Å². The molecule has 1 aromatic heterocycles. The molecule has 0 bridgehead atoms. The first-order chi connectivity index (χ1) is 9.79. The van der Waals surface area contributed by atoms with Crippen molar-refractivity contribution in [2.24, 2.45) is 0 Å². The summed E-state index contributed by atoms with van der Waals surface area (Å²) in [6.07, 6.45) is 8.86. The lowest BCUT2D eigenvalue weighted by atomic mass is 10.1. The van der Waals surface area contributed by atoms with E-state index < -0.39 is 0 Å². The van der Waals surface area contributed by atoms with Gasteiger partial charge in [0.25, 0.3) is 0 Å². The molecule has 1 amide bonds. The summed E-state index contributed by atoms with van der Waals surface area (Å²) in [4.78, 5) is 24.5. The van der Waals surface area contributed by atoms with E-state index in [0.29, 0.717) is 0 Å². The van der Waals surface area contributed by atoms with E-state index in [1.807, 2.05) is 11.1 Å². The Bertz CT molecular complexity index is 494. The Labute approximate surface area is 119 Å². The molecule has 1 aromatic rings. The normalized spacial score (nSPS) is 23.9. The fourth-order valence-electron chi connectivity index (χ4n) is 3.17. The van der Waals surface area contributed by atoms with Gasteiger partial charge in [0.2, 0.25) is 5.91 Å². The number of amides is 1. The highest BCUT2D eigenvalue weighted by atomic mass is 16.2. The van der Waals surface area contributed by atoms with Crippen LogP contribution in [0, 0.1) is 0 Å². The van der Waals surface area contributed by atoms with Crippen LogP contribution in [0.3, 0.4) is 0 Å². The van der Waals surface area contributed by atoms with Gasteiger partial charge in [0, 0.05) is 37.6 Å². The van der Waals surface area contributed by atoms with Crippen LogP contribution in [0.5, 0.6) is 0 Å². The minimum Gasteiger partial charge on any atom is -0.347 e. The number of piperazine rings is 1. The minimum atomic E-state index is 0.190. The molecule has 1 aliphatic carbocycles. The Kier molecular flexibility index (Phi) is 3.87. The molecule has 1 saturated heterocycles. The van der Waals surface area contributed by atoms with Gasteiger partial charge in [0.05, 0.1) is 6.04 Å². The zero-order valence-corrected chi connectivity index (χ0v) is 12.0. The molecule has 0 saturated carbocycles. The molecule has 1 N–H and O–H groups in total. The van der Waals surface area contributed by atoms with Crippen molar-refractivity contribution in [3.05, 3.63) is 29.9 Å². The van der Waals surface area contributed by atoms with E-state index in [0.717, 1.165) is 56.8 Å². The number of hydrogen-bond donors (Lipinski definition) is 1. The van der Waals surface area contributed by atoms with Crippen molar-refractivity contribution in [2.75, 3.05) is 26.2 Å². The van der Waals surface area contributed by atoms with E-state index >= 15 is 0 Å². The molecule has 5 nitrogen and oxygen atoms in total. The summed E-state index contributed by atoms with van der Waals surface area (Å²) in [5.41, 5.74) is 1.01. The molecule has 5 heteroatoms. The number of rotatable bonds is 3. The molecule has 1 aliphatic heterocycles. The van der Waals surface area contributed by atoms with E-state index in [4.69, 9.17) is 0 Å². The third-order valence-corrected chi connectivity index (χ3v) is 4.34. The van der Waals surface area contributed by atoms with Crippen LogP contribution in [-0.4, -0.2) is 51.9 Å². The number of carbonyl (C=O) groups excluding carboxylic acids is 1. The van der Waals surface area contributed by atoms with Crippen molar-refractivity contribution < 1.29 is 4.79 Å². The van der Waals surface area contributed by atoms with Gasteiger partial charge in [-0.15, -0.1) is 0 Å². The highest BCUT2D eigenvalue weighted by molar-refractivity contribution is 5.93. The van der Waals surface area contributed by atoms with Crippen molar-refractivity contribution in [1.82, 2.24) is 19.8 Å². The van der Waals surface area contributed by atoms with Crippen LogP contribution in [0.4, 0.5) is 0 Å².